The third kappa shape index (κ3) is 3.26. The van der Waals surface area contributed by atoms with Crippen molar-refractivity contribution in [2.24, 2.45) is 11.8 Å². The zero-order valence-electron chi connectivity index (χ0n) is 9.19. The molecule has 15 heavy (non-hydrogen) atoms. The molecule has 0 fully saturated rings. The van der Waals surface area contributed by atoms with Gasteiger partial charge in [-0.05, 0) is 18.1 Å². The molecule has 0 aromatic rings. The van der Waals surface area contributed by atoms with E-state index < -0.39 is 0 Å². The molecular formula is C13H16O2. The predicted octanol–water partition coefficient (Wildman–Crippen LogP) is 2.67. The minimum Gasteiger partial charge on any atom is -0.493 e. The maximum absolute atomic E-state index is 10.7. The highest BCUT2D eigenvalue weighted by atomic mass is 16.5. The van der Waals surface area contributed by atoms with E-state index in [2.05, 4.69) is 20.4 Å². The summed E-state index contributed by atoms with van der Waals surface area (Å²) in [5.41, 5.74) is 0.575. The first-order valence-corrected chi connectivity index (χ1v) is 5.07. The molecule has 0 aromatic heterocycles. The highest BCUT2D eigenvalue weighted by Crippen LogP contribution is 2.21. The van der Waals surface area contributed by atoms with Crippen molar-refractivity contribution in [3.8, 4) is 0 Å². The van der Waals surface area contributed by atoms with Crippen LogP contribution in [0, 0.1) is 11.8 Å². The molecule has 80 valence electrons. The Morgan fingerprint density at radius 1 is 1.67 bits per heavy atom. The molecule has 0 aromatic carbocycles. The van der Waals surface area contributed by atoms with Crippen LogP contribution in [0.2, 0.25) is 0 Å². The molecule has 0 bridgehead atoms. The van der Waals surface area contributed by atoms with Crippen molar-refractivity contribution in [1.82, 2.24) is 0 Å². The van der Waals surface area contributed by atoms with Gasteiger partial charge in [0, 0.05) is 5.92 Å². The lowest BCUT2D eigenvalue weighted by Crippen LogP contribution is -2.06. The fourth-order valence-corrected chi connectivity index (χ4v) is 1.26. The summed E-state index contributed by atoms with van der Waals surface area (Å²) >= 11 is 0. The van der Waals surface area contributed by atoms with Crippen LogP contribution in [-0.2, 0) is 9.53 Å². The third-order valence-electron chi connectivity index (χ3n) is 2.08. The van der Waals surface area contributed by atoms with Crippen molar-refractivity contribution in [2.45, 2.75) is 13.8 Å². The van der Waals surface area contributed by atoms with Crippen molar-refractivity contribution in [3.63, 3.8) is 0 Å². The molecule has 0 aliphatic heterocycles. The van der Waals surface area contributed by atoms with E-state index in [0.717, 1.165) is 5.76 Å². The maximum Gasteiger partial charge on any atom is 0.129 e. The Balaban J connectivity index is 2.70. The topological polar surface area (TPSA) is 26.3 Å². The molecule has 1 aliphatic carbocycles. The Bertz CT molecular complexity index is 342. The molecule has 2 heteroatoms. The van der Waals surface area contributed by atoms with Gasteiger partial charge in [-0.2, -0.15) is 0 Å². The highest BCUT2D eigenvalue weighted by molar-refractivity contribution is 5.62. The molecule has 0 amide bonds. The minimum atomic E-state index is -0.0334. The third-order valence-corrected chi connectivity index (χ3v) is 2.08. The van der Waals surface area contributed by atoms with Crippen LogP contribution in [-0.4, -0.2) is 12.5 Å². The number of hydrogen-bond acceptors (Lipinski definition) is 2. The number of carbonyl (C=O) groups excluding carboxylic acids is 1. The Morgan fingerprint density at radius 2 is 2.40 bits per heavy atom. The Morgan fingerprint density at radius 3 is 2.93 bits per heavy atom. The molecule has 0 heterocycles. The summed E-state index contributed by atoms with van der Waals surface area (Å²) in [7, 11) is 0. The van der Waals surface area contributed by atoms with Gasteiger partial charge in [0.05, 0.1) is 12.2 Å². The van der Waals surface area contributed by atoms with Gasteiger partial charge in [-0.25, -0.2) is 4.79 Å². The van der Waals surface area contributed by atoms with E-state index in [-0.39, 0.29) is 5.92 Å². The smallest absolute Gasteiger partial charge is 0.129 e. The van der Waals surface area contributed by atoms with Gasteiger partial charge in [-0.15, -0.1) is 6.58 Å². The van der Waals surface area contributed by atoms with Crippen LogP contribution in [0.3, 0.4) is 0 Å². The van der Waals surface area contributed by atoms with Gasteiger partial charge in [0.1, 0.15) is 11.7 Å². The summed E-state index contributed by atoms with van der Waals surface area (Å²) in [5.74, 6) is 3.07. The number of ether oxygens (including phenoxy) is 1. The molecular weight excluding hydrogens is 188 g/mol. The minimum absolute atomic E-state index is 0.0334. The van der Waals surface area contributed by atoms with E-state index in [4.69, 9.17) is 4.74 Å². The molecule has 1 rings (SSSR count). The standard InChI is InChI=1S/C13H16O2/c1-4-11-5-6-13(7-12(11)8-14)15-9-10(2)3/h4-7,10-11H,1,9H2,2-3H3. The van der Waals surface area contributed by atoms with Crippen molar-refractivity contribution < 1.29 is 9.53 Å². The fraction of sp³-hybridized carbons (Fsp3) is 0.385. The van der Waals surface area contributed by atoms with Gasteiger partial charge >= 0.3 is 0 Å². The molecule has 0 radical (unpaired) electrons. The summed E-state index contributed by atoms with van der Waals surface area (Å²) in [4.78, 5) is 10.7. The van der Waals surface area contributed by atoms with Crippen LogP contribution in [0.5, 0.6) is 0 Å². The zero-order chi connectivity index (χ0) is 11.3. The molecule has 0 N–H and O–H groups in total. The highest BCUT2D eigenvalue weighted by Gasteiger charge is 2.12. The van der Waals surface area contributed by atoms with Crippen LogP contribution >= 0.6 is 0 Å². The van der Waals surface area contributed by atoms with E-state index in [0.29, 0.717) is 18.1 Å². The second-order valence-electron chi connectivity index (χ2n) is 3.93. The van der Waals surface area contributed by atoms with E-state index in [1.807, 2.05) is 18.1 Å². The van der Waals surface area contributed by atoms with Crippen LogP contribution in [0.15, 0.2) is 42.2 Å². The second kappa shape index (κ2) is 5.38. The van der Waals surface area contributed by atoms with Gasteiger partial charge in [0.2, 0.25) is 0 Å². The first-order chi connectivity index (χ1) is 7.17. The van der Waals surface area contributed by atoms with Crippen molar-refractivity contribution in [1.29, 1.82) is 0 Å². The summed E-state index contributed by atoms with van der Waals surface area (Å²) in [6.45, 7) is 8.47. The van der Waals surface area contributed by atoms with E-state index >= 15 is 0 Å². The van der Waals surface area contributed by atoms with Gasteiger partial charge in [-0.3, -0.25) is 0 Å². The largest absolute Gasteiger partial charge is 0.493 e. The SMILES string of the molecule is C=CC1C=CC(OCC(C)C)=CC1=C=O. The van der Waals surface area contributed by atoms with Gasteiger partial charge < -0.3 is 4.74 Å². The first-order valence-electron chi connectivity index (χ1n) is 5.07. The molecule has 0 saturated heterocycles. The lowest BCUT2D eigenvalue weighted by molar-refractivity contribution is 0.189. The van der Waals surface area contributed by atoms with Crippen LogP contribution in [0.1, 0.15) is 13.8 Å². The molecule has 0 saturated carbocycles. The molecule has 0 spiro atoms. The fourth-order valence-electron chi connectivity index (χ4n) is 1.26. The van der Waals surface area contributed by atoms with Crippen molar-refractivity contribution in [3.05, 3.63) is 42.2 Å². The lowest BCUT2D eigenvalue weighted by atomic mass is 9.95. The Hall–Kier alpha value is -1.53. The van der Waals surface area contributed by atoms with Crippen LogP contribution < -0.4 is 0 Å². The average Bonchev–Trinajstić information content (AvgIpc) is 2.25. The van der Waals surface area contributed by atoms with Gasteiger partial charge in [0.25, 0.3) is 0 Å². The van der Waals surface area contributed by atoms with Crippen LogP contribution in [0.4, 0.5) is 0 Å². The lowest BCUT2D eigenvalue weighted by Gasteiger charge is -2.15. The van der Waals surface area contributed by atoms with Crippen molar-refractivity contribution >= 4 is 5.94 Å². The summed E-state index contributed by atoms with van der Waals surface area (Å²) in [5, 5.41) is 0. The molecule has 1 aliphatic rings. The van der Waals surface area contributed by atoms with E-state index in [9.17, 15) is 4.79 Å². The number of rotatable bonds is 4. The van der Waals surface area contributed by atoms with Gasteiger partial charge in [0.15, 0.2) is 0 Å². The number of allylic oxidation sites excluding steroid dienone is 5. The van der Waals surface area contributed by atoms with Gasteiger partial charge in [-0.1, -0.05) is 26.0 Å². The summed E-state index contributed by atoms with van der Waals surface area (Å²) in [6, 6.07) is 0. The van der Waals surface area contributed by atoms with E-state index in [1.165, 1.54) is 0 Å². The Kier molecular flexibility index (Phi) is 4.14. The van der Waals surface area contributed by atoms with E-state index in [1.54, 1.807) is 12.2 Å². The maximum atomic E-state index is 10.7. The second-order valence-corrected chi connectivity index (χ2v) is 3.93. The molecule has 1 unspecified atom stereocenters. The average molecular weight is 204 g/mol. The summed E-state index contributed by atoms with van der Waals surface area (Å²) in [6.07, 6.45) is 7.20. The predicted molar refractivity (Wildman–Crippen MR) is 60.9 cm³/mol. The van der Waals surface area contributed by atoms with Crippen molar-refractivity contribution in [2.75, 3.05) is 6.61 Å². The Labute approximate surface area is 90.6 Å². The van der Waals surface area contributed by atoms with Crippen LogP contribution in [0.25, 0.3) is 0 Å². The molecule has 1 atom stereocenters. The monoisotopic (exact) mass is 204 g/mol. The zero-order valence-corrected chi connectivity index (χ0v) is 9.19. The summed E-state index contributed by atoms with van der Waals surface area (Å²) < 4.78 is 5.51. The quantitative estimate of drug-likeness (QED) is 0.520. The first kappa shape index (κ1) is 11.5. The molecule has 2 nitrogen and oxygen atoms in total. The number of hydrogen-bond donors (Lipinski definition) is 0. The normalized spacial score (nSPS) is 19.8.